The summed E-state index contributed by atoms with van der Waals surface area (Å²) in [6.07, 6.45) is -0.138. The molecule has 0 atom stereocenters. The van der Waals surface area contributed by atoms with Crippen molar-refractivity contribution in [1.29, 1.82) is 0 Å². The number of aliphatic carboxylic acids is 1. The van der Waals surface area contributed by atoms with Crippen molar-refractivity contribution < 1.29 is 19.5 Å². The molecule has 0 saturated carbocycles. The standard InChI is InChI=1S/C12H14N2O4/c1-8(15)9-3-2-4-10(7-9)14-12(18)13-6-5-11(16)17/h2-4,7H,5-6H2,1H3,(H,16,17)(H2,13,14,18). The number of Topliss-reactive ketones (excluding diaryl/α,β-unsaturated/α-hetero) is 1. The van der Waals surface area contributed by atoms with Crippen LogP contribution in [-0.2, 0) is 4.79 Å². The molecule has 1 aromatic rings. The lowest BCUT2D eigenvalue weighted by Crippen LogP contribution is -2.30. The number of urea groups is 1. The van der Waals surface area contributed by atoms with Gasteiger partial charge in [0.2, 0.25) is 0 Å². The molecule has 0 aromatic heterocycles. The highest BCUT2D eigenvalue weighted by atomic mass is 16.4. The van der Waals surface area contributed by atoms with Crippen LogP contribution in [0.2, 0.25) is 0 Å². The third-order valence-electron chi connectivity index (χ3n) is 2.15. The molecule has 0 heterocycles. The number of carbonyl (C=O) groups excluding carboxylic acids is 2. The van der Waals surface area contributed by atoms with Gasteiger partial charge in [-0.3, -0.25) is 9.59 Å². The van der Waals surface area contributed by atoms with Gasteiger partial charge >= 0.3 is 12.0 Å². The normalized spacial score (nSPS) is 9.61. The van der Waals surface area contributed by atoms with E-state index < -0.39 is 12.0 Å². The minimum Gasteiger partial charge on any atom is -0.481 e. The smallest absolute Gasteiger partial charge is 0.319 e. The highest BCUT2D eigenvalue weighted by molar-refractivity contribution is 5.96. The number of anilines is 1. The summed E-state index contributed by atoms with van der Waals surface area (Å²) in [6.45, 7) is 1.49. The van der Waals surface area contributed by atoms with Gasteiger partial charge in [-0.05, 0) is 19.1 Å². The average molecular weight is 250 g/mol. The molecule has 0 aliphatic carbocycles. The SMILES string of the molecule is CC(=O)c1cccc(NC(=O)NCCC(=O)O)c1. The topological polar surface area (TPSA) is 95.5 Å². The Balaban J connectivity index is 2.51. The van der Waals surface area contributed by atoms with Gasteiger partial charge in [0, 0.05) is 17.8 Å². The Morgan fingerprint density at radius 1 is 1.28 bits per heavy atom. The van der Waals surface area contributed by atoms with Crippen LogP contribution in [0.15, 0.2) is 24.3 Å². The molecule has 0 fully saturated rings. The molecule has 96 valence electrons. The summed E-state index contributed by atoms with van der Waals surface area (Å²) < 4.78 is 0. The Hall–Kier alpha value is -2.37. The Kier molecular flexibility index (Phi) is 4.86. The zero-order chi connectivity index (χ0) is 13.5. The molecule has 1 rings (SSSR count). The van der Waals surface area contributed by atoms with Gasteiger partial charge in [0.25, 0.3) is 0 Å². The molecule has 18 heavy (non-hydrogen) atoms. The number of benzene rings is 1. The van der Waals surface area contributed by atoms with Gasteiger partial charge < -0.3 is 15.7 Å². The number of carboxylic acids is 1. The fourth-order valence-corrected chi connectivity index (χ4v) is 1.27. The first-order valence-corrected chi connectivity index (χ1v) is 5.36. The first kappa shape index (κ1) is 13.7. The molecule has 0 unspecified atom stereocenters. The molecule has 3 N–H and O–H groups in total. The molecule has 1 aromatic carbocycles. The summed E-state index contributed by atoms with van der Waals surface area (Å²) in [6, 6.07) is 6.00. The van der Waals surface area contributed by atoms with Crippen molar-refractivity contribution in [2.75, 3.05) is 11.9 Å². The highest BCUT2D eigenvalue weighted by Gasteiger charge is 2.04. The molecule has 0 aliphatic rings. The third kappa shape index (κ3) is 4.65. The van der Waals surface area contributed by atoms with Gasteiger partial charge in [-0.1, -0.05) is 12.1 Å². The van der Waals surface area contributed by atoms with Crippen molar-refractivity contribution in [3.63, 3.8) is 0 Å². The Morgan fingerprint density at radius 2 is 2.00 bits per heavy atom. The summed E-state index contributed by atoms with van der Waals surface area (Å²) in [5, 5.41) is 13.3. The van der Waals surface area contributed by atoms with E-state index in [0.717, 1.165) is 0 Å². The maximum atomic E-state index is 11.4. The second kappa shape index (κ2) is 6.39. The summed E-state index contributed by atoms with van der Waals surface area (Å²) in [4.78, 5) is 32.8. The Bertz CT molecular complexity index is 471. The van der Waals surface area contributed by atoms with Gasteiger partial charge in [0.1, 0.15) is 0 Å². The third-order valence-corrected chi connectivity index (χ3v) is 2.15. The van der Waals surface area contributed by atoms with E-state index in [0.29, 0.717) is 11.3 Å². The van der Waals surface area contributed by atoms with Gasteiger partial charge in [-0.25, -0.2) is 4.79 Å². The van der Waals surface area contributed by atoms with E-state index in [1.165, 1.54) is 6.92 Å². The fourth-order valence-electron chi connectivity index (χ4n) is 1.27. The maximum absolute atomic E-state index is 11.4. The van der Waals surface area contributed by atoms with E-state index in [1.54, 1.807) is 24.3 Å². The predicted molar refractivity (Wildman–Crippen MR) is 65.7 cm³/mol. The van der Waals surface area contributed by atoms with Crippen LogP contribution in [0.4, 0.5) is 10.5 Å². The van der Waals surface area contributed by atoms with E-state index in [9.17, 15) is 14.4 Å². The summed E-state index contributed by atoms with van der Waals surface area (Å²) in [5.74, 6) is -1.07. The quantitative estimate of drug-likeness (QED) is 0.690. The lowest BCUT2D eigenvalue weighted by Gasteiger charge is -2.07. The monoisotopic (exact) mass is 250 g/mol. The second-order valence-electron chi connectivity index (χ2n) is 3.66. The zero-order valence-corrected chi connectivity index (χ0v) is 9.90. The van der Waals surface area contributed by atoms with Crippen molar-refractivity contribution >= 4 is 23.5 Å². The number of rotatable bonds is 5. The second-order valence-corrected chi connectivity index (χ2v) is 3.66. The molecular formula is C12H14N2O4. The van der Waals surface area contributed by atoms with Crippen LogP contribution >= 0.6 is 0 Å². The number of carbonyl (C=O) groups is 3. The lowest BCUT2D eigenvalue weighted by molar-refractivity contribution is -0.136. The molecule has 0 aliphatic heterocycles. The molecule has 2 amide bonds. The largest absolute Gasteiger partial charge is 0.481 e. The molecule has 0 bridgehead atoms. The van der Waals surface area contributed by atoms with Crippen LogP contribution in [-0.4, -0.2) is 29.4 Å². The lowest BCUT2D eigenvalue weighted by atomic mass is 10.1. The zero-order valence-electron chi connectivity index (χ0n) is 9.90. The van der Waals surface area contributed by atoms with Gasteiger partial charge in [0.15, 0.2) is 5.78 Å². The van der Waals surface area contributed by atoms with Crippen molar-refractivity contribution in [3.05, 3.63) is 29.8 Å². The van der Waals surface area contributed by atoms with Crippen LogP contribution < -0.4 is 10.6 Å². The number of carboxylic acid groups (broad SMARTS) is 1. The number of nitrogens with one attached hydrogen (secondary N) is 2. The highest BCUT2D eigenvalue weighted by Crippen LogP contribution is 2.10. The van der Waals surface area contributed by atoms with Gasteiger partial charge in [-0.15, -0.1) is 0 Å². The predicted octanol–water partition coefficient (Wildman–Crippen LogP) is 1.49. The number of amides is 2. The van der Waals surface area contributed by atoms with Gasteiger partial charge in [-0.2, -0.15) is 0 Å². The molecular weight excluding hydrogens is 236 g/mol. The molecule has 6 nitrogen and oxygen atoms in total. The maximum Gasteiger partial charge on any atom is 0.319 e. The van der Waals surface area contributed by atoms with Crippen LogP contribution in [0.1, 0.15) is 23.7 Å². The number of hydrogen-bond donors (Lipinski definition) is 3. The first-order chi connectivity index (χ1) is 8.49. The summed E-state index contributed by atoms with van der Waals surface area (Å²) in [7, 11) is 0. The first-order valence-electron chi connectivity index (χ1n) is 5.36. The van der Waals surface area contributed by atoms with Crippen LogP contribution in [0, 0.1) is 0 Å². The van der Waals surface area contributed by atoms with Gasteiger partial charge in [0.05, 0.1) is 6.42 Å². The molecule has 0 saturated heterocycles. The van der Waals surface area contributed by atoms with Crippen LogP contribution in [0.5, 0.6) is 0 Å². The van der Waals surface area contributed by atoms with Crippen molar-refractivity contribution in [3.8, 4) is 0 Å². The molecule has 0 radical (unpaired) electrons. The van der Waals surface area contributed by atoms with Crippen LogP contribution in [0.25, 0.3) is 0 Å². The summed E-state index contributed by atoms with van der Waals surface area (Å²) >= 11 is 0. The van der Waals surface area contributed by atoms with E-state index in [4.69, 9.17) is 5.11 Å². The van der Waals surface area contributed by atoms with E-state index in [1.807, 2.05) is 0 Å². The average Bonchev–Trinajstić information content (AvgIpc) is 2.28. The number of hydrogen-bond acceptors (Lipinski definition) is 3. The number of ketones is 1. The van der Waals surface area contributed by atoms with E-state index in [2.05, 4.69) is 10.6 Å². The fraction of sp³-hybridized carbons (Fsp3) is 0.250. The van der Waals surface area contributed by atoms with E-state index in [-0.39, 0.29) is 18.7 Å². The summed E-state index contributed by atoms with van der Waals surface area (Å²) in [5.41, 5.74) is 0.980. The van der Waals surface area contributed by atoms with Crippen LogP contribution in [0.3, 0.4) is 0 Å². The van der Waals surface area contributed by atoms with Crippen molar-refractivity contribution in [2.24, 2.45) is 0 Å². The minimum absolute atomic E-state index is 0.0492. The minimum atomic E-state index is -0.978. The Morgan fingerprint density at radius 3 is 2.61 bits per heavy atom. The van der Waals surface area contributed by atoms with Crippen molar-refractivity contribution in [2.45, 2.75) is 13.3 Å². The molecule has 0 spiro atoms. The molecule has 6 heteroatoms. The Labute approximate surface area is 104 Å². The van der Waals surface area contributed by atoms with Crippen molar-refractivity contribution in [1.82, 2.24) is 5.32 Å². The van der Waals surface area contributed by atoms with E-state index >= 15 is 0 Å².